The monoisotopic (exact) mass is 471 g/mol. The van der Waals surface area contributed by atoms with Crippen molar-refractivity contribution in [2.45, 2.75) is 62.7 Å². The second kappa shape index (κ2) is 12.3. The van der Waals surface area contributed by atoms with E-state index in [0.717, 1.165) is 0 Å². The number of nitrogens with one attached hydrogen (secondary N) is 2. The van der Waals surface area contributed by atoms with Crippen LogP contribution in [0.1, 0.15) is 38.5 Å². The molecule has 1 saturated heterocycles. The normalized spacial score (nSPS) is 18.0. The summed E-state index contributed by atoms with van der Waals surface area (Å²) in [5.41, 5.74) is 20.9. The van der Waals surface area contributed by atoms with Crippen LogP contribution in [0.4, 0.5) is 0 Å². The maximum Gasteiger partial charge on any atom is 0.326 e. The molecule has 1 heterocycles. The first-order valence-electron chi connectivity index (χ1n) is 10.1. The molecule has 1 rings (SSSR count). The molecule has 15 nitrogen and oxygen atoms in total. The number of carbonyl (C=O) groups is 7. The molecular formula is C18H29N7O8. The van der Waals surface area contributed by atoms with Crippen LogP contribution >= 0.6 is 0 Å². The van der Waals surface area contributed by atoms with Crippen molar-refractivity contribution >= 4 is 41.4 Å². The summed E-state index contributed by atoms with van der Waals surface area (Å²) < 4.78 is 0. The Morgan fingerprint density at radius 2 is 1.48 bits per heavy atom. The van der Waals surface area contributed by atoms with Crippen molar-refractivity contribution < 1.29 is 38.7 Å². The average molecular weight is 471 g/mol. The van der Waals surface area contributed by atoms with Crippen LogP contribution in [0.15, 0.2) is 0 Å². The van der Waals surface area contributed by atoms with Gasteiger partial charge in [0, 0.05) is 13.0 Å². The molecule has 1 aliphatic heterocycles. The van der Waals surface area contributed by atoms with Gasteiger partial charge in [-0.15, -0.1) is 0 Å². The summed E-state index contributed by atoms with van der Waals surface area (Å²) in [4.78, 5) is 83.7. The summed E-state index contributed by atoms with van der Waals surface area (Å²) in [6.45, 7) is 0.202. The van der Waals surface area contributed by atoms with Gasteiger partial charge in [0.1, 0.15) is 18.1 Å². The van der Waals surface area contributed by atoms with Crippen molar-refractivity contribution in [2.24, 2.45) is 22.9 Å². The van der Waals surface area contributed by atoms with E-state index in [0.29, 0.717) is 6.42 Å². The summed E-state index contributed by atoms with van der Waals surface area (Å²) in [5.74, 6) is -6.60. The van der Waals surface area contributed by atoms with Gasteiger partial charge < -0.3 is 43.6 Å². The highest BCUT2D eigenvalue weighted by molar-refractivity contribution is 5.97. The van der Waals surface area contributed by atoms with E-state index in [4.69, 9.17) is 28.0 Å². The molecule has 33 heavy (non-hydrogen) atoms. The van der Waals surface area contributed by atoms with Gasteiger partial charge in [-0.25, -0.2) is 4.79 Å². The van der Waals surface area contributed by atoms with E-state index in [-0.39, 0.29) is 25.8 Å². The summed E-state index contributed by atoms with van der Waals surface area (Å²) in [7, 11) is 0. The number of nitrogens with zero attached hydrogens (tertiary/aromatic N) is 1. The molecule has 184 valence electrons. The topological polar surface area (TPSA) is 271 Å². The molecule has 0 saturated carbocycles. The van der Waals surface area contributed by atoms with E-state index >= 15 is 0 Å². The molecule has 0 aliphatic carbocycles. The van der Waals surface area contributed by atoms with E-state index in [9.17, 15) is 33.6 Å². The van der Waals surface area contributed by atoms with Gasteiger partial charge in [0.05, 0.1) is 18.9 Å². The third kappa shape index (κ3) is 8.72. The second-order valence-electron chi connectivity index (χ2n) is 7.60. The summed E-state index contributed by atoms with van der Waals surface area (Å²) in [6, 6.07) is -5.33. The lowest BCUT2D eigenvalue weighted by molar-refractivity contribution is -0.144. The Hall–Kier alpha value is -3.75. The molecule has 0 aromatic heterocycles. The largest absolute Gasteiger partial charge is 0.480 e. The fourth-order valence-electron chi connectivity index (χ4n) is 3.29. The SMILES string of the molecule is NC(=O)CCC(N)C(=O)N1CCCC1C(=O)NC(CC(N)=O)C(=O)NC(CC(N)=O)C(=O)O. The predicted octanol–water partition coefficient (Wildman–Crippen LogP) is -4.62. The van der Waals surface area contributed by atoms with Crippen molar-refractivity contribution in [3.05, 3.63) is 0 Å². The van der Waals surface area contributed by atoms with Gasteiger partial charge in [-0.3, -0.25) is 28.8 Å². The summed E-state index contributed by atoms with van der Waals surface area (Å²) in [5, 5.41) is 13.4. The number of amides is 6. The van der Waals surface area contributed by atoms with Crippen LogP contribution in [-0.2, 0) is 33.6 Å². The molecule has 0 spiro atoms. The molecule has 4 atom stereocenters. The third-order valence-corrected chi connectivity index (χ3v) is 4.92. The van der Waals surface area contributed by atoms with Gasteiger partial charge in [-0.05, 0) is 19.3 Å². The predicted molar refractivity (Wildman–Crippen MR) is 110 cm³/mol. The van der Waals surface area contributed by atoms with Crippen molar-refractivity contribution in [1.82, 2.24) is 15.5 Å². The number of nitrogens with two attached hydrogens (primary N) is 4. The number of hydrogen-bond donors (Lipinski definition) is 7. The number of carboxylic acids is 1. The Morgan fingerprint density at radius 3 is 2.00 bits per heavy atom. The number of rotatable bonds is 13. The highest BCUT2D eigenvalue weighted by atomic mass is 16.4. The van der Waals surface area contributed by atoms with E-state index in [2.05, 4.69) is 5.32 Å². The van der Waals surface area contributed by atoms with Gasteiger partial charge in [0.2, 0.25) is 35.4 Å². The third-order valence-electron chi connectivity index (χ3n) is 4.92. The van der Waals surface area contributed by atoms with Crippen LogP contribution in [0, 0.1) is 0 Å². The minimum absolute atomic E-state index is 0.0118. The maximum absolute atomic E-state index is 12.8. The van der Waals surface area contributed by atoms with Gasteiger partial charge in [0.15, 0.2) is 0 Å². The van der Waals surface area contributed by atoms with Crippen molar-refractivity contribution in [3.8, 4) is 0 Å². The molecule has 15 heteroatoms. The van der Waals surface area contributed by atoms with Crippen LogP contribution in [0.5, 0.6) is 0 Å². The standard InChI is InChI=1S/C18H29N7O8/c19-8(3-4-12(20)26)17(31)25-5-1-2-11(25)16(30)23-9(6-13(21)27)15(29)24-10(18(32)33)7-14(22)28/h8-11H,1-7,19H2,(H2,20,26)(H2,21,27)(H2,22,28)(H,23,30)(H,24,29)(H,32,33). The Morgan fingerprint density at radius 1 is 0.909 bits per heavy atom. The number of hydrogen-bond acceptors (Lipinski definition) is 8. The molecule has 6 amide bonds. The van der Waals surface area contributed by atoms with E-state index in [1.54, 1.807) is 0 Å². The molecule has 1 aliphatic rings. The maximum atomic E-state index is 12.8. The smallest absolute Gasteiger partial charge is 0.326 e. The molecule has 0 radical (unpaired) electrons. The van der Waals surface area contributed by atoms with E-state index in [1.807, 2.05) is 5.32 Å². The zero-order valence-corrected chi connectivity index (χ0v) is 17.8. The fourth-order valence-corrected chi connectivity index (χ4v) is 3.29. The Labute approximate surface area is 188 Å². The van der Waals surface area contributed by atoms with Crippen molar-refractivity contribution in [1.29, 1.82) is 0 Å². The minimum atomic E-state index is -1.69. The molecule has 11 N–H and O–H groups in total. The van der Waals surface area contributed by atoms with Crippen molar-refractivity contribution in [3.63, 3.8) is 0 Å². The van der Waals surface area contributed by atoms with Crippen LogP contribution in [-0.4, -0.2) is 82.1 Å². The highest BCUT2D eigenvalue weighted by Crippen LogP contribution is 2.19. The van der Waals surface area contributed by atoms with E-state index < -0.39 is 78.4 Å². The van der Waals surface area contributed by atoms with Gasteiger partial charge in [0.25, 0.3) is 0 Å². The van der Waals surface area contributed by atoms with Crippen molar-refractivity contribution in [2.75, 3.05) is 6.54 Å². The Balaban J connectivity index is 2.91. The lowest BCUT2D eigenvalue weighted by atomic mass is 10.1. The number of primary amides is 3. The first kappa shape index (κ1) is 27.3. The number of aliphatic carboxylic acids is 1. The Kier molecular flexibility index (Phi) is 10.2. The molecule has 1 fully saturated rings. The molecule has 0 aromatic rings. The zero-order chi connectivity index (χ0) is 25.3. The van der Waals surface area contributed by atoms with Crippen LogP contribution < -0.4 is 33.6 Å². The molecule has 4 unspecified atom stereocenters. The summed E-state index contributed by atoms with van der Waals surface area (Å²) >= 11 is 0. The first-order chi connectivity index (χ1) is 15.3. The quantitative estimate of drug-likeness (QED) is 0.136. The number of likely N-dealkylation sites (tertiary alicyclic amines) is 1. The van der Waals surface area contributed by atoms with Gasteiger partial charge >= 0.3 is 5.97 Å². The van der Waals surface area contributed by atoms with Gasteiger partial charge in [-0.1, -0.05) is 0 Å². The van der Waals surface area contributed by atoms with Gasteiger partial charge in [-0.2, -0.15) is 0 Å². The fraction of sp³-hybridized carbons (Fsp3) is 0.611. The van der Waals surface area contributed by atoms with Crippen LogP contribution in [0.2, 0.25) is 0 Å². The first-order valence-corrected chi connectivity index (χ1v) is 10.1. The average Bonchev–Trinajstić information content (AvgIpc) is 3.19. The van der Waals surface area contributed by atoms with E-state index in [1.165, 1.54) is 4.90 Å². The zero-order valence-electron chi connectivity index (χ0n) is 17.8. The minimum Gasteiger partial charge on any atom is -0.480 e. The molecule has 0 aromatic carbocycles. The molecule has 0 bridgehead atoms. The second-order valence-corrected chi connectivity index (χ2v) is 7.60. The van der Waals surface area contributed by atoms with Crippen LogP contribution in [0.3, 0.4) is 0 Å². The Bertz CT molecular complexity index is 818. The highest BCUT2D eigenvalue weighted by Gasteiger charge is 2.38. The lowest BCUT2D eigenvalue weighted by Crippen LogP contribution is -2.57. The van der Waals surface area contributed by atoms with Crippen LogP contribution in [0.25, 0.3) is 0 Å². The molecular weight excluding hydrogens is 442 g/mol. The number of carboxylic acid groups (broad SMARTS) is 1. The summed E-state index contributed by atoms with van der Waals surface area (Å²) in [6.07, 6.45) is -0.814. The lowest BCUT2D eigenvalue weighted by Gasteiger charge is -2.28. The number of carbonyl (C=O) groups excluding carboxylic acids is 6.